The Morgan fingerprint density at radius 3 is 2.00 bits per heavy atom. The maximum Gasteiger partial charge on any atom is 0.296 e. The number of benzene rings is 2. The Labute approximate surface area is 137 Å². The molecule has 24 heavy (non-hydrogen) atoms. The molecule has 0 saturated heterocycles. The van der Waals surface area contributed by atoms with Crippen LogP contribution in [0.15, 0.2) is 48.5 Å². The van der Waals surface area contributed by atoms with E-state index in [1.165, 1.54) is 42.5 Å². The molecule has 0 bridgehead atoms. The molecular weight excluding hydrogens is 344 g/mol. The van der Waals surface area contributed by atoms with Gasteiger partial charge >= 0.3 is 0 Å². The summed E-state index contributed by atoms with van der Waals surface area (Å²) >= 11 is 0. The van der Waals surface area contributed by atoms with Gasteiger partial charge < -0.3 is 26.7 Å². The van der Waals surface area contributed by atoms with E-state index in [1.807, 2.05) is 0 Å². The van der Waals surface area contributed by atoms with Crippen molar-refractivity contribution in [2.45, 2.75) is 5.66 Å². The van der Waals surface area contributed by atoms with Crippen LogP contribution in [0.2, 0.25) is 0 Å². The van der Waals surface area contributed by atoms with Crippen molar-refractivity contribution in [3.8, 4) is 0 Å². The Morgan fingerprint density at radius 2 is 1.46 bits per heavy atom. The lowest BCUT2D eigenvalue weighted by Crippen LogP contribution is -2.29. The number of quaternary nitrogens is 2. The summed E-state index contributed by atoms with van der Waals surface area (Å²) < 4.78 is 50.4. The van der Waals surface area contributed by atoms with Crippen molar-refractivity contribution in [1.82, 2.24) is 12.3 Å². The van der Waals surface area contributed by atoms with Gasteiger partial charge in [0, 0.05) is 13.2 Å². The summed E-state index contributed by atoms with van der Waals surface area (Å²) in [5.74, 6) is -0.402. The lowest BCUT2D eigenvalue weighted by Gasteiger charge is -2.37. The van der Waals surface area contributed by atoms with Crippen LogP contribution in [0.3, 0.4) is 0 Å². The van der Waals surface area contributed by atoms with Gasteiger partial charge in [-0.3, -0.25) is 0 Å². The minimum Gasteiger partial charge on any atom is -0.806 e. The van der Waals surface area contributed by atoms with E-state index in [1.54, 1.807) is 6.08 Å². The van der Waals surface area contributed by atoms with Gasteiger partial charge in [0.05, 0.1) is 0 Å². The Morgan fingerprint density at radius 1 is 0.917 bits per heavy atom. The molecule has 0 fully saturated rings. The first-order valence-electron chi connectivity index (χ1n) is 6.14. The summed E-state index contributed by atoms with van der Waals surface area (Å²) in [7, 11) is -6.09. The fraction of sp³-hybridized carbons (Fsp3) is 0.0667. The molecule has 5 nitrogen and oxygen atoms in total. The third kappa shape index (κ3) is 5.02. The molecule has 0 aliphatic rings. The zero-order valence-corrected chi connectivity index (χ0v) is 14.0. The summed E-state index contributed by atoms with van der Waals surface area (Å²) in [6.45, 7) is 0. The molecular formula is C15H18F3N2O3P. The minimum atomic E-state index is -6.09. The first-order valence-corrected chi connectivity index (χ1v) is 7.68. The van der Waals surface area contributed by atoms with Gasteiger partial charge in [0.25, 0.3) is 5.66 Å². The molecule has 0 amide bonds. The first kappa shape index (κ1) is 22.0. The molecule has 0 saturated carbocycles. The highest BCUT2D eigenvalue weighted by Crippen LogP contribution is 2.53. The Hall–Kier alpha value is -1.96. The molecule has 0 aliphatic carbocycles. The van der Waals surface area contributed by atoms with Gasteiger partial charge in [0.1, 0.15) is 5.82 Å². The number of hydrogen-bond acceptors (Lipinski definition) is 3. The largest absolute Gasteiger partial charge is 0.806 e. The molecule has 0 spiro atoms. The number of halogens is 3. The maximum atomic E-state index is 13.5. The van der Waals surface area contributed by atoms with Crippen LogP contribution >= 0.6 is 7.60 Å². The highest BCUT2D eigenvalue weighted by atomic mass is 31.2. The van der Waals surface area contributed by atoms with Crippen LogP contribution in [0.4, 0.5) is 13.2 Å². The molecule has 2 aromatic carbocycles. The van der Waals surface area contributed by atoms with Crippen LogP contribution in [-0.4, -0.2) is 0 Å². The molecule has 0 atom stereocenters. The van der Waals surface area contributed by atoms with Crippen molar-refractivity contribution >= 4 is 19.7 Å². The van der Waals surface area contributed by atoms with E-state index in [0.717, 1.165) is 12.1 Å². The minimum absolute atomic E-state index is 0. The van der Waals surface area contributed by atoms with E-state index in [-0.39, 0.29) is 17.9 Å². The SMILES string of the molecule is O=P([O-])([O-])C(F)(F)c1cccc(/C=C\c2ccc(F)cc2)c1.[NH4+].[NH4+]. The van der Waals surface area contributed by atoms with E-state index in [4.69, 9.17) is 0 Å². The zero-order valence-electron chi connectivity index (χ0n) is 13.1. The van der Waals surface area contributed by atoms with Gasteiger partial charge in [-0.15, -0.1) is 0 Å². The van der Waals surface area contributed by atoms with Crippen LogP contribution < -0.4 is 22.1 Å². The molecule has 9 heteroatoms. The van der Waals surface area contributed by atoms with E-state index < -0.39 is 24.6 Å². The number of rotatable bonds is 4. The molecule has 2 rings (SSSR count). The second-order valence-electron chi connectivity index (χ2n) is 4.55. The summed E-state index contributed by atoms with van der Waals surface area (Å²) in [5.41, 5.74) is -4.43. The molecule has 132 valence electrons. The zero-order chi connectivity index (χ0) is 16.4. The monoisotopic (exact) mass is 362 g/mol. The maximum absolute atomic E-state index is 13.5. The topological polar surface area (TPSA) is 136 Å². The Balaban J connectivity index is 0.00000264. The molecule has 8 N–H and O–H groups in total. The first-order chi connectivity index (χ1) is 10.2. The summed E-state index contributed by atoms with van der Waals surface area (Å²) in [5, 5.41) is 0. The fourth-order valence-corrected chi connectivity index (χ4v) is 2.21. The van der Waals surface area contributed by atoms with Gasteiger partial charge in [0.2, 0.25) is 0 Å². The number of hydrogen-bond donors (Lipinski definition) is 2. The van der Waals surface area contributed by atoms with Gasteiger partial charge in [-0.2, -0.15) is 8.78 Å². The molecule has 2 aromatic rings. The predicted molar refractivity (Wildman–Crippen MR) is 85.2 cm³/mol. The van der Waals surface area contributed by atoms with Crippen molar-refractivity contribution < 1.29 is 27.5 Å². The lowest BCUT2D eigenvalue weighted by atomic mass is 10.1. The summed E-state index contributed by atoms with van der Waals surface area (Å²) in [6, 6.07) is 9.97. The van der Waals surface area contributed by atoms with Crippen molar-refractivity contribution in [3.63, 3.8) is 0 Å². The van der Waals surface area contributed by atoms with Crippen LogP contribution in [0.5, 0.6) is 0 Å². The Kier molecular flexibility index (Phi) is 7.56. The van der Waals surface area contributed by atoms with Crippen molar-refractivity contribution in [3.05, 3.63) is 71.0 Å². The molecule has 0 aromatic heterocycles. The fourth-order valence-electron chi connectivity index (χ4n) is 1.75. The third-order valence-electron chi connectivity index (χ3n) is 2.92. The van der Waals surface area contributed by atoms with Crippen molar-refractivity contribution in [2.24, 2.45) is 0 Å². The van der Waals surface area contributed by atoms with Gasteiger partial charge in [-0.1, -0.05) is 42.5 Å². The highest BCUT2D eigenvalue weighted by molar-refractivity contribution is 7.49. The van der Waals surface area contributed by atoms with Crippen molar-refractivity contribution in [2.75, 3.05) is 0 Å². The predicted octanol–water partition coefficient (Wildman–Crippen LogP) is 3.71. The lowest BCUT2D eigenvalue weighted by molar-refractivity contribution is -0.335. The van der Waals surface area contributed by atoms with Crippen LogP contribution in [-0.2, 0) is 10.2 Å². The second kappa shape index (κ2) is 8.23. The van der Waals surface area contributed by atoms with Gasteiger partial charge in [-0.05, 0) is 29.3 Å². The average Bonchev–Trinajstić information content (AvgIpc) is 2.46. The quantitative estimate of drug-likeness (QED) is 0.633. The third-order valence-corrected chi connectivity index (χ3v) is 3.86. The highest BCUT2D eigenvalue weighted by Gasteiger charge is 2.35. The average molecular weight is 362 g/mol. The van der Waals surface area contributed by atoms with Crippen LogP contribution in [0.25, 0.3) is 12.2 Å². The standard InChI is InChI=1S/C15H12F3O3P.2H3N/c16-14-8-6-11(7-9-14)4-5-12-2-1-3-13(10-12)15(17,18)22(19,20)21;;/h1-10H,(H2,19,20,21);2*1H3/b5-4-;;. The normalized spacial score (nSPS) is 11.7. The smallest absolute Gasteiger partial charge is 0.296 e. The van der Waals surface area contributed by atoms with E-state index in [2.05, 4.69) is 0 Å². The van der Waals surface area contributed by atoms with Crippen LogP contribution in [0, 0.1) is 5.82 Å². The van der Waals surface area contributed by atoms with Crippen LogP contribution in [0.1, 0.15) is 16.7 Å². The molecule has 0 unspecified atom stereocenters. The molecule has 0 heterocycles. The van der Waals surface area contributed by atoms with E-state index in [9.17, 15) is 27.5 Å². The number of alkyl halides is 2. The van der Waals surface area contributed by atoms with Gasteiger partial charge in [-0.25, -0.2) is 4.39 Å². The van der Waals surface area contributed by atoms with E-state index in [0.29, 0.717) is 5.56 Å². The molecule has 0 aliphatic heterocycles. The van der Waals surface area contributed by atoms with Crippen molar-refractivity contribution in [1.29, 1.82) is 0 Å². The Bertz CT molecular complexity index is 746. The second-order valence-corrected chi connectivity index (χ2v) is 6.11. The molecule has 0 radical (unpaired) electrons. The van der Waals surface area contributed by atoms with E-state index >= 15 is 0 Å². The van der Waals surface area contributed by atoms with Gasteiger partial charge in [0.15, 0.2) is 0 Å². The summed E-state index contributed by atoms with van der Waals surface area (Å²) in [6.07, 6.45) is 3.00. The summed E-state index contributed by atoms with van der Waals surface area (Å²) in [4.78, 5) is 21.3.